The fourth-order valence-electron chi connectivity index (χ4n) is 2.10. The lowest BCUT2D eigenvalue weighted by Gasteiger charge is -2.09. The van der Waals surface area contributed by atoms with Crippen molar-refractivity contribution in [3.05, 3.63) is 53.7 Å². The van der Waals surface area contributed by atoms with E-state index in [9.17, 15) is 13.2 Å². The second kappa shape index (κ2) is 5.48. The number of alkyl halides is 3. The van der Waals surface area contributed by atoms with Crippen molar-refractivity contribution in [1.82, 2.24) is 10.3 Å². The zero-order chi connectivity index (χ0) is 14.9. The van der Waals surface area contributed by atoms with Crippen LogP contribution in [0.2, 0.25) is 0 Å². The van der Waals surface area contributed by atoms with Gasteiger partial charge in [-0.2, -0.15) is 13.2 Å². The molecule has 0 amide bonds. The quantitative estimate of drug-likeness (QED) is 0.920. The van der Waals surface area contributed by atoms with Crippen LogP contribution in [0.1, 0.15) is 24.0 Å². The lowest BCUT2D eigenvalue weighted by molar-refractivity contribution is -0.137. The number of hydrogen-bond acceptors (Lipinski definition) is 2. The molecule has 21 heavy (non-hydrogen) atoms. The van der Waals surface area contributed by atoms with E-state index in [1.54, 1.807) is 18.3 Å². The summed E-state index contributed by atoms with van der Waals surface area (Å²) >= 11 is 0. The molecule has 0 atom stereocenters. The van der Waals surface area contributed by atoms with Gasteiger partial charge in [0.25, 0.3) is 0 Å². The Morgan fingerprint density at radius 3 is 2.57 bits per heavy atom. The van der Waals surface area contributed by atoms with Crippen LogP contribution in [0.15, 0.2) is 42.6 Å². The van der Waals surface area contributed by atoms with Crippen LogP contribution >= 0.6 is 0 Å². The molecule has 0 unspecified atom stereocenters. The highest BCUT2D eigenvalue weighted by Gasteiger charge is 2.30. The minimum Gasteiger partial charge on any atom is -0.310 e. The Kier molecular flexibility index (Phi) is 3.68. The van der Waals surface area contributed by atoms with Crippen molar-refractivity contribution in [3.63, 3.8) is 0 Å². The lowest BCUT2D eigenvalue weighted by atomic mass is 10.1. The number of nitrogens with zero attached hydrogens (tertiary/aromatic N) is 1. The zero-order valence-electron chi connectivity index (χ0n) is 11.3. The number of hydrogen-bond donors (Lipinski definition) is 1. The van der Waals surface area contributed by atoms with Gasteiger partial charge >= 0.3 is 6.18 Å². The minimum absolute atomic E-state index is 0.478. The highest BCUT2D eigenvalue weighted by atomic mass is 19.4. The first-order valence-electron chi connectivity index (χ1n) is 6.88. The van der Waals surface area contributed by atoms with Crippen LogP contribution in [0.5, 0.6) is 0 Å². The first-order chi connectivity index (χ1) is 10.0. The van der Waals surface area contributed by atoms with E-state index in [4.69, 9.17) is 0 Å². The Hall–Kier alpha value is -1.88. The Morgan fingerprint density at radius 1 is 1.14 bits per heavy atom. The van der Waals surface area contributed by atoms with E-state index in [0.29, 0.717) is 17.3 Å². The maximum Gasteiger partial charge on any atom is 0.416 e. The molecule has 2 nitrogen and oxygen atoms in total. The average Bonchev–Trinajstić information content (AvgIpc) is 3.29. The average molecular weight is 292 g/mol. The van der Waals surface area contributed by atoms with Gasteiger partial charge in [0.1, 0.15) is 0 Å². The first kappa shape index (κ1) is 14.1. The standard InChI is InChI=1S/C16H15F3N2/c17-16(18,19)13-3-1-2-12(8-13)15-7-4-11(10-21-15)9-20-14-5-6-14/h1-4,7-8,10,14,20H,5-6,9H2. The molecule has 1 saturated carbocycles. The number of halogens is 3. The first-order valence-corrected chi connectivity index (χ1v) is 6.88. The normalized spacial score (nSPS) is 15.2. The summed E-state index contributed by atoms with van der Waals surface area (Å²) in [4.78, 5) is 4.26. The number of rotatable bonds is 4. The van der Waals surface area contributed by atoms with Crippen LogP contribution in [0.4, 0.5) is 13.2 Å². The Labute approximate surface area is 121 Å². The van der Waals surface area contributed by atoms with E-state index < -0.39 is 11.7 Å². The Bertz CT molecular complexity index is 616. The van der Waals surface area contributed by atoms with Crippen molar-refractivity contribution >= 4 is 0 Å². The van der Waals surface area contributed by atoms with Crippen LogP contribution in [0, 0.1) is 0 Å². The fourth-order valence-corrected chi connectivity index (χ4v) is 2.10. The van der Waals surface area contributed by atoms with Gasteiger partial charge in [-0.3, -0.25) is 4.98 Å². The van der Waals surface area contributed by atoms with E-state index >= 15 is 0 Å². The molecule has 3 rings (SSSR count). The third-order valence-corrected chi connectivity index (χ3v) is 3.48. The zero-order valence-corrected chi connectivity index (χ0v) is 11.3. The molecule has 1 aliphatic carbocycles. The molecule has 110 valence electrons. The number of pyridine rings is 1. The third-order valence-electron chi connectivity index (χ3n) is 3.48. The lowest BCUT2D eigenvalue weighted by Crippen LogP contribution is -2.15. The van der Waals surface area contributed by atoms with Crippen LogP contribution in [0.3, 0.4) is 0 Å². The van der Waals surface area contributed by atoms with Crippen LogP contribution in [0.25, 0.3) is 11.3 Å². The fraction of sp³-hybridized carbons (Fsp3) is 0.312. The van der Waals surface area contributed by atoms with Crippen molar-refractivity contribution in [2.24, 2.45) is 0 Å². The molecular formula is C16H15F3N2. The van der Waals surface area contributed by atoms with Gasteiger partial charge in [-0.1, -0.05) is 18.2 Å². The molecule has 1 aliphatic rings. The maximum absolute atomic E-state index is 12.7. The van der Waals surface area contributed by atoms with Gasteiger partial charge < -0.3 is 5.32 Å². The van der Waals surface area contributed by atoms with Gasteiger partial charge in [-0.15, -0.1) is 0 Å². The molecule has 1 N–H and O–H groups in total. The summed E-state index contributed by atoms with van der Waals surface area (Å²) in [5.41, 5.74) is 1.42. The van der Waals surface area contributed by atoms with E-state index in [0.717, 1.165) is 24.2 Å². The van der Waals surface area contributed by atoms with E-state index in [1.165, 1.54) is 18.9 Å². The van der Waals surface area contributed by atoms with E-state index in [2.05, 4.69) is 10.3 Å². The predicted molar refractivity (Wildman–Crippen MR) is 74.5 cm³/mol. The van der Waals surface area contributed by atoms with Gasteiger partial charge in [0.2, 0.25) is 0 Å². The summed E-state index contributed by atoms with van der Waals surface area (Å²) in [6.45, 7) is 0.751. The number of benzene rings is 1. The van der Waals surface area contributed by atoms with Crippen molar-refractivity contribution in [3.8, 4) is 11.3 Å². The highest BCUT2D eigenvalue weighted by Crippen LogP contribution is 2.31. The van der Waals surface area contributed by atoms with Gasteiger partial charge in [-0.25, -0.2) is 0 Å². The van der Waals surface area contributed by atoms with Crippen molar-refractivity contribution in [1.29, 1.82) is 0 Å². The molecule has 1 aromatic carbocycles. The SMILES string of the molecule is FC(F)(F)c1cccc(-c2ccc(CNC3CC3)cn2)c1. The topological polar surface area (TPSA) is 24.9 Å². The molecule has 1 aromatic heterocycles. The van der Waals surface area contributed by atoms with Crippen LogP contribution in [-0.2, 0) is 12.7 Å². The molecule has 2 aromatic rings. The van der Waals surface area contributed by atoms with Gasteiger partial charge in [0.05, 0.1) is 11.3 Å². The van der Waals surface area contributed by atoms with Gasteiger partial charge in [0.15, 0.2) is 0 Å². The van der Waals surface area contributed by atoms with E-state index in [-0.39, 0.29) is 0 Å². The second-order valence-corrected chi connectivity index (χ2v) is 5.29. The minimum atomic E-state index is -4.33. The smallest absolute Gasteiger partial charge is 0.310 e. The molecular weight excluding hydrogens is 277 g/mol. The summed E-state index contributed by atoms with van der Waals surface area (Å²) in [5, 5.41) is 3.37. The molecule has 1 heterocycles. The van der Waals surface area contributed by atoms with Crippen LogP contribution in [-0.4, -0.2) is 11.0 Å². The largest absolute Gasteiger partial charge is 0.416 e. The predicted octanol–water partition coefficient (Wildman–Crippen LogP) is 4.02. The van der Waals surface area contributed by atoms with E-state index in [1.807, 2.05) is 6.07 Å². The molecule has 0 saturated heterocycles. The summed E-state index contributed by atoms with van der Waals surface area (Å²) < 4.78 is 38.1. The molecule has 0 spiro atoms. The van der Waals surface area contributed by atoms with Gasteiger partial charge in [-0.05, 0) is 36.6 Å². The Morgan fingerprint density at radius 2 is 1.95 bits per heavy atom. The number of aromatic nitrogens is 1. The molecule has 0 aliphatic heterocycles. The summed E-state index contributed by atoms with van der Waals surface area (Å²) in [6, 6.07) is 9.52. The Balaban J connectivity index is 1.76. The third kappa shape index (κ3) is 3.61. The van der Waals surface area contributed by atoms with Crippen molar-refractivity contribution < 1.29 is 13.2 Å². The summed E-state index contributed by atoms with van der Waals surface area (Å²) in [6.07, 6.45) is -0.180. The van der Waals surface area contributed by atoms with Gasteiger partial charge in [0, 0.05) is 24.3 Å². The molecule has 0 bridgehead atoms. The summed E-state index contributed by atoms with van der Waals surface area (Å²) in [7, 11) is 0. The van der Waals surface area contributed by atoms with Crippen molar-refractivity contribution in [2.45, 2.75) is 31.6 Å². The monoisotopic (exact) mass is 292 g/mol. The van der Waals surface area contributed by atoms with Crippen molar-refractivity contribution in [2.75, 3.05) is 0 Å². The number of nitrogens with one attached hydrogen (secondary N) is 1. The van der Waals surface area contributed by atoms with Crippen LogP contribution < -0.4 is 5.32 Å². The molecule has 1 fully saturated rings. The summed E-state index contributed by atoms with van der Waals surface area (Å²) in [5.74, 6) is 0. The highest BCUT2D eigenvalue weighted by molar-refractivity contribution is 5.60. The second-order valence-electron chi connectivity index (χ2n) is 5.29. The maximum atomic E-state index is 12.7. The molecule has 5 heteroatoms. The molecule has 0 radical (unpaired) electrons.